The van der Waals surface area contributed by atoms with Gasteiger partial charge in [0.05, 0.1) is 17.3 Å². The quantitative estimate of drug-likeness (QED) is 0.720. The van der Waals surface area contributed by atoms with Crippen molar-refractivity contribution in [2.24, 2.45) is 0 Å². The van der Waals surface area contributed by atoms with Crippen LogP contribution in [0.1, 0.15) is 25.7 Å². The number of hydrogen-bond donors (Lipinski definition) is 2. The third kappa shape index (κ3) is 5.47. The number of hydrogen-bond acceptors (Lipinski definition) is 3. The van der Waals surface area contributed by atoms with Crippen molar-refractivity contribution in [1.29, 1.82) is 0 Å². The Morgan fingerprint density at radius 1 is 1.33 bits per heavy atom. The molecule has 2 rings (SSSR count). The highest BCUT2D eigenvalue weighted by atomic mass is 35.5. The van der Waals surface area contributed by atoms with Gasteiger partial charge in [-0.3, -0.25) is 9.69 Å². The second-order valence-corrected chi connectivity index (χ2v) is 6.15. The number of halogens is 2. The standard InChI is InChI=1S/C15H20Cl2N2O2/c16-11-3-6-13(17)14(9-11)18-15(21)10-19(12-4-5-12)7-1-2-8-20/h3,6,9,12,20H,1-2,4-5,7-8,10H2,(H,18,21). The Labute approximate surface area is 135 Å². The fourth-order valence-corrected chi connectivity index (χ4v) is 2.56. The first-order valence-corrected chi connectivity index (χ1v) is 7.95. The van der Waals surface area contributed by atoms with Gasteiger partial charge in [-0.05, 0) is 50.4 Å². The van der Waals surface area contributed by atoms with E-state index < -0.39 is 0 Å². The van der Waals surface area contributed by atoms with Crippen molar-refractivity contribution in [2.75, 3.05) is 25.0 Å². The molecule has 116 valence electrons. The van der Waals surface area contributed by atoms with E-state index in [0.29, 0.717) is 28.3 Å². The van der Waals surface area contributed by atoms with Crippen LogP contribution in [-0.2, 0) is 4.79 Å². The van der Waals surface area contributed by atoms with Gasteiger partial charge in [0.25, 0.3) is 0 Å². The minimum Gasteiger partial charge on any atom is -0.396 e. The maximum atomic E-state index is 12.1. The second kappa shape index (κ2) is 7.99. The van der Waals surface area contributed by atoms with E-state index in [0.717, 1.165) is 32.2 Å². The highest BCUT2D eigenvalue weighted by molar-refractivity contribution is 6.35. The summed E-state index contributed by atoms with van der Waals surface area (Å²) in [5.41, 5.74) is 0.542. The SMILES string of the molecule is O=C(CN(CCCCO)C1CC1)Nc1cc(Cl)ccc1Cl. The van der Waals surface area contributed by atoms with Crippen molar-refractivity contribution < 1.29 is 9.90 Å². The number of nitrogens with zero attached hydrogens (tertiary/aromatic N) is 1. The molecule has 1 saturated carbocycles. The van der Waals surface area contributed by atoms with Crippen molar-refractivity contribution in [3.05, 3.63) is 28.2 Å². The van der Waals surface area contributed by atoms with Crippen LogP contribution in [0.5, 0.6) is 0 Å². The van der Waals surface area contributed by atoms with Crippen LogP contribution in [0.2, 0.25) is 10.0 Å². The molecule has 6 heteroatoms. The lowest BCUT2D eigenvalue weighted by Crippen LogP contribution is -2.35. The molecular formula is C15H20Cl2N2O2. The summed E-state index contributed by atoms with van der Waals surface area (Å²) in [7, 11) is 0. The zero-order chi connectivity index (χ0) is 15.2. The van der Waals surface area contributed by atoms with Gasteiger partial charge in [0.1, 0.15) is 0 Å². The Hall–Kier alpha value is -0.810. The molecule has 0 heterocycles. The highest BCUT2D eigenvalue weighted by Gasteiger charge is 2.29. The molecule has 1 aromatic rings. The van der Waals surface area contributed by atoms with Gasteiger partial charge in [-0.1, -0.05) is 23.2 Å². The molecule has 0 aliphatic heterocycles. The summed E-state index contributed by atoms with van der Waals surface area (Å²) in [5.74, 6) is -0.0879. The third-order valence-electron chi connectivity index (χ3n) is 3.47. The van der Waals surface area contributed by atoms with Crippen LogP contribution in [0.4, 0.5) is 5.69 Å². The predicted molar refractivity (Wildman–Crippen MR) is 86.0 cm³/mol. The number of carbonyl (C=O) groups excluding carboxylic acids is 1. The minimum atomic E-state index is -0.0879. The molecule has 0 aromatic heterocycles. The first-order chi connectivity index (χ1) is 10.1. The first kappa shape index (κ1) is 16.6. The number of rotatable bonds is 8. The molecule has 0 radical (unpaired) electrons. The monoisotopic (exact) mass is 330 g/mol. The number of anilines is 1. The molecule has 0 bridgehead atoms. The highest BCUT2D eigenvalue weighted by Crippen LogP contribution is 2.28. The van der Waals surface area contributed by atoms with Crippen LogP contribution in [-0.4, -0.2) is 41.7 Å². The van der Waals surface area contributed by atoms with Gasteiger partial charge in [0, 0.05) is 17.7 Å². The Balaban J connectivity index is 1.88. The lowest BCUT2D eigenvalue weighted by molar-refractivity contribution is -0.117. The number of nitrogens with one attached hydrogen (secondary N) is 1. The molecule has 1 amide bonds. The van der Waals surface area contributed by atoms with E-state index in [1.165, 1.54) is 0 Å². The number of benzene rings is 1. The van der Waals surface area contributed by atoms with Crippen molar-refractivity contribution in [3.8, 4) is 0 Å². The van der Waals surface area contributed by atoms with Crippen LogP contribution in [0.3, 0.4) is 0 Å². The first-order valence-electron chi connectivity index (χ1n) is 7.20. The number of aliphatic hydroxyl groups is 1. The minimum absolute atomic E-state index is 0.0879. The zero-order valence-electron chi connectivity index (χ0n) is 11.8. The Morgan fingerprint density at radius 3 is 2.76 bits per heavy atom. The largest absolute Gasteiger partial charge is 0.396 e. The maximum absolute atomic E-state index is 12.1. The molecule has 4 nitrogen and oxygen atoms in total. The summed E-state index contributed by atoms with van der Waals surface area (Å²) < 4.78 is 0. The van der Waals surface area contributed by atoms with Crippen LogP contribution in [0.15, 0.2) is 18.2 Å². The summed E-state index contributed by atoms with van der Waals surface area (Å²) in [5, 5.41) is 12.7. The molecule has 0 spiro atoms. The smallest absolute Gasteiger partial charge is 0.238 e. The van der Waals surface area contributed by atoms with Crippen LogP contribution >= 0.6 is 23.2 Å². The Bertz CT molecular complexity index is 493. The van der Waals surface area contributed by atoms with Crippen molar-refractivity contribution in [2.45, 2.75) is 31.7 Å². The van der Waals surface area contributed by atoms with E-state index >= 15 is 0 Å². The summed E-state index contributed by atoms with van der Waals surface area (Å²) in [4.78, 5) is 14.3. The molecule has 0 unspecified atom stereocenters. The van der Waals surface area contributed by atoms with E-state index in [-0.39, 0.29) is 12.5 Å². The van der Waals surface area contributed by atoms with Gasteiger partial charge in [-0.15, -0.1) is 0 Å². The molecule has 0 saturated heterocycles. The molecule has 0 atom stereocenters. The van der Waals surface area contributed by atoms with E-state index in [2.05, 4.69) is 10.2 Å². The molecule has 1 aliphatic carbocycles. The lowest BCUT2D eigenvalue weighted by Gasteiger charge is -2.21. The second-order valence-electron chi connectivity index (χ2n) is 5.30. The number of carbonyl (C=O) groups is 1. The van der Waals surface area contributed by atoms with Gasteiger partial charge in [0.2, 0.25) is 5.91 Å². The van der Waals surface area contributed by atoms with E-state index in [1.54, 1.807) is 18.2 Å². The molecule has 1 aromatic carbocycles. The molecular weight excluding hydrogens is 311 g/mol. The fourth-order valence-electron chi connectivity index (χ4n) is 2.22. The maximum Gasteiger partial charge on any atom is 0.238 e. The summed E-state index contributed by atoms with van der Waals surface area (Å²) in [6.07, 6.45) is 3.96. The van der Waals surface area contributed by atoms with E-state index in [9.17, 15) is 4.79 Å². The third-order valence-corrected chi connectivity index (χ3v) is 4.03. The van der Waals surface area contributed by atoms with Gasteiger partial charge in [-0.25, -0.2) is 0 Å². The van der Waals surface area contributed by atoms with Crippen LogP contribution in [0.25, 0.3) is 0 Å². The normalized spacial score (nSPS) is 14.5. The predicted octanol–water partition coefficient (Wildman–Crippen LogP) is 3.17. The molecule has 21 heavy (non-hydrogen) atoms. The average Bonchev–Trinajstić information content (AvgIpc) is 3.26. The van der Waals surface area contributed by atoms with E-state index in [1.807, 2.05) is 0 Å². The Morgan fingerprint density at radius 2 is 2.10 bits per heavy atom. The summed E-state index contributed by atoms with van der Waals surface area (Å²) in [6.45, 7) is 1.38. The zero-order valence-corrected chi connectivity index (χ0v) is 13.3. The van der Waals surface area contributed by atoms with Gasteiger partial charge >= 0.3 is 0 Å². The van der Waals surface area contributed by atoms with Gasteiger partial charge in [0.15, 0.2) is 0 Å². The van der Waals surface area contributed by atoms with Crippen molar-refractivity contribution in [1.82, 2.24) is 4.90 Å². The topological polar surface area (TPSA) is 52.6 Å². The Kier molecular flexibility index (Phi) is 6.30. The van der Waals surface area contributed by atoms with Gasteiger partial charge < -0.3 is 10.4 Å². The summed E-state index contributed by atoms with van der Waals surface area (Å²) in [6, 6.07) is 5.50. The van der Waals surface area contributed by atoms with Crippen molar-refractivity contribution >= 4 is 34.8 Å². The van der Waals surface area contributed by atoms with Crippen LogP contribution < -0.4 is 5.32 Å². The van der Waals surface area contributed by atoms with E-state index in [4.69, 9.17) is 28.3 Å². The van der Waals surface area contributed by atoms with Gasteiger partial charge in [-0.2, -0.15) is 0 Å². The van der Waals surface area contributed by atoms with Crippen LogP contribution in [0, 0.1) is 0 Å². The average molecular weight is 331 g/mol. The summed E-state index contributed by atoms with van der Waals surface area (Å²) >= 11 is 11.9. The van der Waals surface area contributed by atoms with Crippen molar-refractivity contribution in [3.63, 3.8) is 0 Å². The number of amides is 1. The molecule has 2 N–H and O–H groups in total. The fraction of sp³-hybridized carbons (Fsp3) is 0.533. The number of aliphatic hydroxyl groups excluding tert-OH is 1. The molecule has 1 fully saturated rings. The molecule has 1 aliphatic rings. The lowest BCUT2D eigenvalue weighted by atomic mass is 10.3. The number of unbranched alkanes of at least 4 members (excludes halogenated alkanes) is 1.